The van der Waals surface area contributed by atoms with E-state index in [1.807, 2.05) is 54.9 Å². The Labute approximate surface area is 200 Å². The molecule has 0 saturated carbocycles. The van der Waals surface area contributed by atoms with Gasteiger partial charge in [-0.05, 0) is 75.0 Å². The molecule has 0 radical (unpaired) electrons. The van der Waals surface area contributed by atoms with E-state index in [4.69, 9.17) is 4.74 Å². The van der Waals surface area contributed by atoms with Gasteiger partial charge in [0.1, 0.15) is 5.78 Å². The molecule has 0 bridgehead atoms. The Morgan fingerprint density at radius 3 is 2.68 bits per heavy atom. The van der Waals surface area contributed by atoms with Crippen LogP contribution in [0.5, 0.6) is 0 Å². The molecule has 6 nitrogen and oxygen atoms in total. The molecule has 0 unspecified atom stereocenters. The Hall–Kier alpha value is -2.90. The third kappa shape index (κ3) is 5.10. The summed E-state index contributed by atoms with van der Waals surface area (Å²) in [5.74, 6) is -0.227. The quantitative estimate of drug-likeness (QED) is 0.433. The van der Waals surface area contributed by atoms with Crippen molar-refractivity contribution in [3.05, 3.63) is 77.1 Å². The first-order chi connectivity index (χ1) is 16.4. The van der Waals surface area contributed by atoms with E-state index in [-0.39, 0.29) is 23.8 Å². The molecule has 3 heterocycles. The minimum atomic E-state index is -0.491. The molecule has 1 fully saturated rings. The summed E-state index contributed by atoms with van der Waals surface area (Å²) in [6.07, 6.45) is 4.00. The molecule has 1 aliphatic rings. The van der Waals surface area contributed by atoms with Crippen LogP contribution in [-0.2, 0) is 16.0 Å². The van der Waals surface area contributed by atoms with Crippen molar-refractivity contribution in [1.29, 1.82) is 0 Å². The van der Waals surface area contributed by atoms with Crippen LogP contribution in [0.15, 0.2) is 48.7 Å². The predicted molar refractivity (Wildman–Crippen MR) is 129 cm³/mol. The molecular weight excluding hydrogens is 431 g/mol. The summed E-state index contributed by atoms with van der Waals surface area (Å²) in [4.78, 5) is 19.4. The standard InChI is InChI=1S/C27H33FN4O2/c1-18-19(2)30-32(22-8-6-5-7-9-22)25(18)17-24(33)15-21-14-23(11-13-34-4)31(3)27(21)20-10-12-29-26(28)16-20/h5-10,12,16,21,23,27H,11,13-15,17H2,1-4H3/t21-,23+,27-/m0/s1. The molecule has 0 N–H and O–H groups in total. The third-order valence-corrected chi connectivity index (χ3v) is 7.12. The lowest BCUT2D eigenvalue weighted by molar-refractivity contribution is -0.119. The van der Waals surface area contributed by atoms with E-state index in [2.05, 4.69) is 22.0 Å². The van der Waals surface area contributed by atoms with Crippen LogP contribution < -0.4 is 0 Å². The van der Waals surface area contributed by atoms with E-state index < -0.39 is 5.95 Å². The fraction of sp³-hybridized carbons (Fsp3) is 0.444. The van der Waals surface area contributed by atoms with Crippen LogP contribution >= 0.6 is 0 Å². The number of carbonyl (C=O) groups excluding carboxylic acids is 1. The molecule has 1 aliphatic heterocycles. The Morgan fingerprint density at radius 2 is 1.97 bits per heavy atom. The Kier molecular flexibility index (Phi) is 7.54. The summed E-state index contributed by atoms with van der Waals surface area (Å²) >= 11 is 0. The summed E-state index contributed by atoms with van der Waals surface area (Å²) in [5.41, 5.74) is 4.73. The van der Waals surface area contributed by atoms with Gasteiger partial charge < -0.3 is 4.74 Å². The minimum Gasteiger partial charge on any atom is -0.385 e. The molecular formula is C27H33FN4O2. The number of aryl methyl sites for hydroxylation is 1. The zero-order chi connectivity index (χ0) is 24.2. The summed E-state index contributed by atoms with van der Waals surface area (Å²) in [5, 5.41) is 4.69. The van der Waals surface area contributed by atoms with Crippen LogP contribution in [0.2, 0.25) is 0 Å². The number of carbonyl (C=O) groups is 1. The maximum Gasteiger partial charge on any atom is 0.213 e. The topological polar surface area (TPSA) is 60.2 Å². The molecule has 3 atom stereocenters. The average Bonchev–Trinajstić information content (AvgIpc) is 3.28. The third-order valence-electron chi connectivity index (χ3n) is 7.12. The second kappa shape index (κ2) is 10.6. The van der Waals surface area contributed by atoms with Gasteiger partial charge in [-0.15, -0.1) is 0 Å². The predicted octanol–water partition coefficient (Wildman–Crippen LogP) is 4.62. The highest BCUT2D eigenvalue weighted by molar-refractivity contribution is 5.81. The fourth-order valence-electron chi connectivity index (χ4n) is 5.28. The molecule has 34 heavy (non-hydrogen) atoms. The number of likely N-dealkylation sites (tertiary alicyclic amines) is 1. The number of methoxy groups -OCH3 is 1. The second-order valence-electron chi connectivity index (χ2n) is 9.28. The summed E-state index contributed by atoms with van der Waals surface area (Å²) in [7, 11) is 3.76. The van der Waals surface area contributed by atoms with E-state index in [0.717, 1.165) is 41.0 Å². The summed E-state index contributed by atoms with van der Waals surface area (Å²) < 4.78 is 21.1. The van der Waals surface area contributed by atoms with E-state index >= 15 is 0 Å². The van der Waals surface area contributed by atoms with E-state index in [1.54, 1.807) is 7.11 Å². The molecule has 0 aliphatic carbocycles. The molecule has 1 saturated heterocycles. The van der Waals surface area contributed by atoms with Crippen molar-refractivity contribution in [3.8, 4) is 5.69 Å². The smallest absolute Gasteiger partial charge is 0.213 e. The average molecular weight is 465 g/mol. The maximum atomic E-state index is 14.0. The Balaban J connectivity index is 1.57. The van der Waals surface area contributed by atoms with Crippen molar-refractivity contribution in [2.45, 2.75) is 51.6 Å². The van der Waals surface area contributed by atoms with E-state index in [9.17, 15) is 9.18 Å². The highest BCUT2D eigenvalue weighted by Crippen LogP contribution is 2.43. The number of rotatable bonds is 9. The molecule has 1 aromatic carbocycles. The van der Waals surface area contributed by atoms with Crippen LogP contribution in [0.3, 0.4) is 0 Å². The number of benzene rings is 1. The van der Waals surface area contributed by atoms with Gasteiger partial charge in [0.15, 0.2) is 0 Å². The Bertz CT molecular complexity index is 1130. The van der Waals surface area contributed by atoms with Crippen molar-refractivity contribution in [3.63, 3.8) is 0 Å². The van der Waals surface area contributed by atoms with Crippen LogP contribution in [0, 0.1) is 25.7 Å². The number of aromatic nitrogens is 3. The van der Waals surface area contributed by atoms with Crippen LogP contribution in [0.25, 0.3) is 5.69 Å². The van der Waals surface area contributed by atoms with Crippen molar-refractivity contribution in [2.24, 2.45) is 5.92 Å². The van der Waals surface area contributed by atoms with Crippen molar-refractivity contribution < 1.29 is 13.9 Å². The number of hydrogen-bond acceptors (Lipinski definition) is 5. The SMILES string of the molecule is COCC[C@@H]1C[C@@H](CC(=O)Cc2c(C)c(C)nn2-c2ccccc2)[C@H](c2ccnc(F)c2)N1C. The number of nitrogens with zero attached hydrogens (tertiary/aromatic N) is 4. The highest BCUT2D eigenvalue weighted by atomic mass is 19.1. The van der Waals surface area contributed by atoms with E-state index in [0.29, 0.717) is 19.4 Å². The largest absolute Gasteiger partial charge is 0.385 e. The lowest BCUT2D eigenvalue weighted by Crippen LogP contribution is -2.29. The molecule has 0 amide bonds. The van der Waals surface area contributed by atoms with Crippen molar-refractivity contribution in [2.75, 3.05) is 20.8 Å². The number of Topliss-reactive ketones (excluding diaryl/α,β-unsaturated/α-hetero) is 1. The number of halogens is 1. The molecule has 3 aromatic rings. The lowest BCUT2D eigenvalue weighted by Gasteiger charge is -2.28. The summed E-state index contributed by atoms with van der Waals surface area (Å²) in [6.45, 7) is 4.65. The molecule has 4 rings (SSSR count). The normalized spacial score (nSPS) is 20.7. The van der Waals surface area contributed by atoms with Crippen molar-refractivity contribution >= 4 is 5.78 Å². The van der Waals surface area contributed by atoms with Crippen molar-refractivity contribution in [1.82, 2.24) is 19.7 Å². The van der Waals surface area contributed by atoms with Gasteiger partial charge in [0.25, 0.3) is 0 Å². The Morgan fingerprint density at radius 1 is 1.21 bits per heavy atom. The van der Waals surface area contributed by atoms with Gasteiger partial charge in [-0.3, -0.25) is 9.69 Å². The van der Waals surface area contributed by atoms with Gasteiger partial charge in [-0.25, -0.2) is 9.67 Å². The zero-order valence-corrected chi connectivity index (χ0v) is 20.4. The number of para-hydroxylation sites is 1. The van der Waals surface area contributed by atoms with Gasteiger partial charge in [0, 0.05) is 44.8 Å². The molecule has 7 heteroatoms. The monoisotopic (exact) mass is 464 g/mol. The maximum absolute atomic E-state index is 14.0. The molecule has 180 valence electrons. The number of ether oxygens (including phenoxy) is 1. The molecule has 0 spiro atoms. The first-order valence-corrected chi connectivity index (χ1v) is 11.8. The van der Waals surface area contributed by atoms with Crippen LogP contribution in [-0.4, -0.2) is 52.3 Å². The first kappa shape index (κ1) is 24.2. The van der Waals surface area contributed by atoms with Gasteiger partial charge >= 0.3 is 0 Å². The first-order valence-electron chi connectivity index (χ1n) is 11.8. The van der Waals surface area contributed by atoms with E-state index in [1.165, 1.54) is 12.3 Å². The fourth-order valence-corrected chi connectivity index (χ4v) is 5.28. The number of pyridine rings is 1. The highest BCUT2D eigenvalue weighted by Gasteiger charge is 2.40. The van der Waals surface area contributed by atoms with Gasteiger partial charge in [0.2, 0.25) is 5.95 Å². The number of ketones is 1. The summed E-state index contributed by atoms with van der Waals surface area (Å²) in [6, 6.07) is 13.5. The molecule has 2 aromatic heterocycles. The minimum absolute atomic E-state index is 0.0369. The lowest BCUT2D eigenvalue weighted by atomic mass is 9.88. The van der Waals surface area contributed by atoms with Crippen LogP contribution in [0.4, 0.5) is 4.39 Å². The van der Waals surface area contributed by atoms with Gasteiger partial charge in [-0.1, -0.05) is 18.2 Å². The van der Waals surface area contributed by atoms with Crippen LogP contribution in [0.1, 0.15) is 47.8 Å². The zero-order valence-electron chi connectivity index (χ0n) is 20.4. The second-order valence-corrected chi connectivity index (χ2v) is 9.28. The van der Waals surface area contributed by atoms with Gasteiger partial charge in [-0.2, -0.15) is 9.49 Å². The van der Waals surface area contributed by atoms with Gasteiger partial charge in [0.05, 0.1) is 17.1 Å². The number of hydrogen-bond donors (Lipinski definition) is 0.